The van der Waals surface area contributed by atoms with E-state index in [0.29, 0.717) is 6.04 Å². The van der Waals surface area contributed by atoms with Gasteiger partial charge >= 0.3 is 0 Å². The van der Waals surface area contributed by atoms with Crippen LogP contribution in [0.3, 0.4) is 0 Å². The Kier molecular flexibility index (Phi) is 6.02. The molecule has 1 rings (SSSR count). The molecule has 0 aromatic rings. The molecule has 2 nitrogen and oxygen atoms in total. The Balaban J connectivity index is 2.52. The van der Waals surface area contributed by atoms with Crippen molar-refractivity contribution in [3.63, 3.8) is 0 Å². The molecule has 2 atom stereocenters. The predicted molar refractivity (Wildman–Crippen MR) is 70.4 cm³/mol. The third-order valence-corrected chi connectivity index (χ3v) is 4.41. The molecular weight excluding hydrogens is 204 g/mol. The van der Waals surface area contributed by atoms with Crippen LogP contribution >= 0.6 is 11.8 Å². The van der Waals surface area contributed by atoms with Crippen molar-refractivity contribution >= 4 is 11.8 Å². The molecule has 0 bridgehead atoms. The summed E-state index contributed by atoms with van der Waals surface area (Å²) >= 11 is 2.09. The Hall–Kier alpha value is 0.270. The van der Waals surface area contributed by atoms with E-state index in [2.05, 4.69) is 37.4 Å². The second-order valence-electron chi connectivity index (χ2n) is 4.91. The van der Waals surface area contributed by atoms with Crippen LogP contribution in [0.2, 0.25) is 0 Å². The van der Waals surface area contributed by atoms with Crippen molar-refractivity contribution in [1.82, 2.24) is 4.90 Å². The molecule has 2 N–H and O–H groups in total. The topological polar surface area (TPSA) is 29.3 Å². The highest BCUT2D eigenvalue weighted by Crippen LogP contribution is 2.28. The molecule has 3 heteroatoms. The molecule has 0 aromatic carbocycles. The first-order chi connectivity index (χ1) is 7.19. The molecule has 0 aliphatic carbocycles. The molecule has 2 unspecified atom stereocenters. The van der Waals surface area contributed by atoms with E-state index in [1.54, 1.807) is 0 Å². The first-order valence-corrected chi connectivity index (χ1v) is 7.36. The fraction of sp³-hybridized carbons (Fsp3) is 1.00. The molecule has 0 saturated carbocycles. The lowest BCUT2D eigenvalue weighted by atomic mass is 9.97. The lowest BCUT2D eigenvalue weighted by Crippen LogP contribution is -2.47. The molecule has 1 fully saturated rings. The summed E-state index contributed by atoms with van der Waals surface area (Å²) in [5, 5.41) is 0. The summed E-state index contributed by atoms with van der Waals surface area (Å²) in [7, 11) is 0. The van der Waals surface area contributed by atoms with E-state index in [4.69, 9.17) is 5.73 Å². The van der Waals surface area contributed by atoms with Gasteiger partial charge in [-0.15, -0.1) is 0 Å². The first-order valence-electron chi connectivity index (χ1n) is 6.20. The zero-order valence-corrected chi connectivity index (χ0v) is 11.2. The van der Waals surface area contributed by atoms with Crippen molar-refractivity contribution in [2.45, 2.75) is 33.2 Å². The van der Waals surface area contributed by atoms with Gasteiger partial charge in [-0.05, 0) is 36.3 Å². The number of thioether (sulfide) groups is 1. The van der Waals surface area contributed by atoms with Crippen molar-refractivity contribution in [1.29, 1.82) is 0 Å². The number of nitrogens with two attached hydrogens (primary N) is 1. The Morgan fingerprint density at radius 1 is 1.47 bits per heavy atom. The van der Waals surface area contributed by atoms with Gasteiger partial charge in [0.15, 0.2) is 0 Å². The van der Waals surface area contributed by atoms with Gasteiger partial charge in [-0.1, -0.05) is 20.8 Å². The summed E-state index contributed by atoms with van der Waals surface area (Å²) in [6.07, 6.45) is 1.36. The third-order valence-electron chi connectivity index (χ3n) is 3.23. The van der Waals surface area contributed by atoms with Gasteiger partial charge in [-0.25, -0.2) is 0 Å². The van der Waals surface area contributed by atoms with Crippen molar-refractivity contribution in [2.24, 2.45) is 17.6 Å². The molecule has 0 amide bonds. The van der Waals surface area contributed by atoms with E-state index in [9.17, 15) is 0 Å². The predicted octanol–water partition coefficient (Wildman–Crippen LogP) is 2.04. The summed E-state index contributed by atoms with van der Waals surface area (Å²) in [6, 6.07) is 0.618. The number of nitrogens with zero attached hydrogens (tertiary/aromatic N) is 1. The molecule has 90 valence electrons. The van der Waals surface area contributed by atoms with Crippen LogP contribution in [-0.4, -0.2) is 42.1 Å². The number of hydrogen-bond donors (Lipinski definition) is 1. The number of hydrogen-bond acceptors (Lipinski definition) is 3. The summed E-state index contributed by atoms with van der Waals surface area (Å²) in [5.74, 6) is 4.23. The molecule has 0 radical (unpaired) electrons. The Bertz CT molecular complexity index is 167. The van der Waals surface area contributed by atoms with Crippen LogP contribution in [0.4, 0.5) is 0 Å². The molecular formula is C12H26N2S. The van der Waals surface area contributed by atoms with Crippen molar-refractivity contribution < 1.29 is 0 Å². The van der Waals surface area contributed by atoms with E-state index in [1.165, 1.54) is 24.5 Å². The summed E-state index contributed by atoms with van der Waals surface area (Å²) in [5.41, 5.74) is 5.95. The highest BCUT2D eigenvalue weighted by atomic mass is 32.2. The van der Waals surface area contributed by atoms with E-state index in [1.807, 2.05) is 0 Å². The van der Waals surface area contributed by atoms with E-state index in [0.717, 1.165) is 24.9 Å². The monoisotopic (exact) mass is 230 g/mol. The van der Waals surface area contributed by atoms with Crippen LogP contribution in [0.15, 0.2) is 0 Å². The van der Waals surface area contributed by atoms with E-state index in [-0.39, 0.29) is 0 Å². The first kappa shape index (κ1) is 13.3. The standard InChI is InChI=1S/C12H26N2S/c1-4-14(8-10(2)3)12(7-13)11-5-6-15-9-11/h10-12H,4-9,13H2,1-3H3. The maximum Gasteiger partial charge on any atom is 0.0254 e. The van der Waals surface area contributed by atoms with Gasteiger partial charge in [0.25, 0.3) is 0 Å². The third kappa shape index (κ3) is 3.97. The van der Waals surface area contributed by atoms with Crippen LogP contribution in [0.25, 0.3) is 0 Å². The second kappa shape index (κ2) is 6.77. The highest BCUT2D eigenvalue weighted by Gasteiger charge is 2.28. The van der Waals surface area contributed by atoms with Crippen LogP contribution in [0.1, 0.15) is 27.2 Å². The Morgan fingerprint density at radius 2 is 2.20 bits per heavy atom. The van der Waals surface area contributed by atoms with Gasteiger partial charge in [0, 0.05) is 19.1 Å². The molecule has 0 spiro atoms. The molecule has 1 aliphatic heterocycles. The molecule has 1 saturated heterocycles. The fourth-order valence-corrected chi connectivity index (χ4v) is 3.79. The summed E-state index contributed by atoms with van der Waals surface area (Å²) < 4.78 is 0. The van der Waals surface area contributed by atoms with E-state index < -0.39 is 0 Å². The quantitative estimate of drug-likeness (QED) is 0.757. The van der Waals surface area contributed by atoms with Crippen molar-refractivity contribution in [3.8, 4) is 0 Å². The van der Waals surface area contributed by atoms with Crippen LogP contribution in [0.5, 0.6) is 0 Å². The summed E-state index contributed by atoms with van der Waals surface area (Å²) in [6.45, 7) is 10.00. The maximum absolute atomic E-state index is 5.95. The van der Waals surface area contributed by atoms with Crippen molar-refractivity contribution in [3.05, 3.63) is 0 Å². The lowest BCUT2D eigenvalue weighted by molar-refractivity contribution is 0.146. The minimum atomic E-state index is 0.618. The maximum atomic E-state index is 5.95. The average Bonchev–Trinajstić information content (AvgIpc) is 2.70. The molecule has 1 aliphatic rings. The minimum absolute atomic E-state index is 0.618. The highest BCUT2D eigenvalue weighted by molar-refractivity contribution is 7.99. The molecule has 0 aromatic heterocycles. The van der Waals surface area contributed by atoms with Gasteiger partial charge in [0.05, 0.1) is 0 Å². The van der Waals surface area contributed by atoms with Gasteiger partial charge in [0.2, 0.25) is 0 Å². The molecule has 15 heavy (non-hydrogen) atoms. The normalized spacial score (nSPS) is 24.0. The van der Waals surface area contributed by atoms with Crippen molar-refractivity contribution in [2.75, 3.05) is 31.1 Å². The smallest absolute Gasteiger partial charge is 0.0254 e. The van der Waals surface area contributed by atoms with Gasteiger partial charge in [0.1, 0.15) is 0 Å². The second-order valence-corrected chi connectivity index (χ2v) is 6.06. The summed E-state index contributed by atoms with van der Waals surface area (Å²) in [4.78, 5) is 2.58. The van der Waals surface area contributed by atoms with Crippen LogP contribution in [-0.2, 0) is 0 Å². The number of rotatable bonds is 6. The Morgan fingerprint density at radius 3 is 2.60 bits per heavy atom. The average molecular weight is 230 g/mol. The van der Waals surface area contributed by atoms with Gasteiger partial charge in [-0.2, -0.15) is 11.8 Å². The van der Waals surface area contributed by atoms with Gasteiger partial charge < -0.3 is 5.73 Å². The van der Waals surface area contributed by atoms with Crippen LogP contribution < -0.4 is 5.73 Å². The van der Waals surface area contributed by atoms with E-state index >= 15 is 0 Å². The Labute approximate surface area is 99.0 Å². The van der Waals surface area contributed by atoms with Gasteiger partial charge in [-0.3, -0.25) is 4.90 Å². The lowest BCUT2D eigenvalue weighted by Gasteiger charge is -2.35. The fourth-order valence-electron chi connectivity index (χ4n) is 2.46. The van der Waals surface area contributed by atoms with Crippen LogP contribution in [0, 0.1) is 11.8 Å². The molecule has 1 heterocycles. The zero-order chi connectivity index (χ0) is 11.3. The SMILES string of the molecule is CCN(CC(C)C)C(CN)C1CCSC1. The number of likely N-dealkylation sites (N-methyl/N-ethyl adjacent to an activating group) is 1. The minimum Gasteiger partial charge on any atom is -0.329 e. The zero-order valence-electron chi connectivity index (χ0n) is 10.4. The largest absolute Gasteiger partial charge is 0.329 e.